The molecule has 0 aromatic heterocycles. The molecule has 1 aliphatic heterocycles. The molecule has 2 rings (SSSR count). The Balaban J connectivity index is 1.99. The van der Waals surface area contributed by atoms with Crippen LogP contribution in [-0.2, 0) is 0 Å². The Labute approximate surface area is 112 Å². The largest absolute Gasteiger partial charge is 0.330 e. The van der Waals surface area contributed by atoms with Gasteiger partial charge < -0.3 is 5.73 Å². The summed E-state index contributed by atoms with van der Waals surface area (Å²) in [5, 5.41) is 0. The van der Waals surface area contributed by atoms with E-state index in [2.05, 4.69) is 52.0 Å². The summed E-state index contributed by atoms with van der Waals surface area (Å²) < 4.78 is 1.17. The molecule has 0 saturated carbocycles. The number of rotatable bonds is 3. The smallest absolute Gasteiger partial charge is 0.0320 e. The van der Waals surface area contributed by atoms with Crippen LogP contribution in [-0.4, -0.2) is 24.5 Å². The molecule has 0 radical (unpaired) electrons. The van der Waals surface area contributed by atoms with Gasteiger partial charge in [0.15, 0.2) is 0 Å². The fourth-order valence-corrected chi connectivity index (χ4v) is 2.97. The summed E-state index contributed by atoms with van der Waals surface area (Å²) in [5.74, 6) is 0.737. The normalized spacial score (nSPS) is 20.4. The predicted octanol–water partition coefficient (Wildman–Crippen LogP) is 3.18. The highest BCUT2D eigenvalue weighted by Gasteiger charge is 2.22. The average molecular weight is 297 g/mol. The monoisotopic (exact) mass is 296 g/mol. The summed E-state index contributed by atoms with van der Waals surface area (Å²) in [6, 6.07) is 9.13. The SMILES string of the molecule is CC(c1cccc(Br)c1)N1CCC(CN)CC1. The lowest BCUT2D eigenvalue weighted by Gasteiger charge is -2.36. The molecule has 0 amide bonds. The molecule has 0 bridgehead atoms. The van der Waals surface area contributed by atoms with Gasteiger partial charge in [-0.15, -0.1) is 0 Å². The molecule has 94 valence electrons. The molecule has 1 aliphatic rings. The first kappa shape index (κ1) is 13.1. The van der Waals surface area contributed by atoms with E-state index in [1.165, 1.54) is 36.0 Å². The summed E-state index contributed by atoms with van der Waals surface area (Å²) >= 11 is 3.54. The second-order valence-electron chi connectivity index (χ2n) is 4.95. The Morgan fingerprint density at radius 1 is 1.41 bits per heavy atom. The van der Waals surface area contributed by atoms with E-state index in [0.717, 1.165) is 12.5 Å². The van der Waals surface area contributed by atoms with Crippen LogP contribution in [0, 0.1) is 5.92 Å². The van der Waals surface area contributed by atoms with E-state index in [9.17, 15) is 0 Å². The summed E-state index contributed by atoms with van der Waals surface area (Å²) in [6.07, 6.45) is 2.49. The van der Waals surface area contributed by atoms with Crippen molar-refractivity contribution in [2.75, 3.05) is 19.6 Å². The molecule has 0 aliphatic carbocycles. The Hall–Kier alpha value is -0.380. The number of likely N-dealkylation sites (tertiary alicyclic amines) is 1. The van der Waals surface area contributed by atoms with E-state index in [1.54, 1.807) is 0 Å². The van der Waals surface area contributed by atoms with Gasteiger partial charge in [0, 0.05) is 10.5 Å². The van der Waals surface area contributed by atoms with Crippen molar-refractivity contribution in [1.29, 1.82) is 0 Å². The maximum absolute atomic E-state index is 5.73. The standard InChI is InChI=1S/C14H21BrN2/c1-11(13-3-2-4-14(15)9-13)17-7-5-12(10-16)6-8-17/h2-4,9,11-12H,5-8,10,16H2,1H3. The van der Waals surface area contributed by atoms with Gasteiger partial charge in [-0.3, -0.25) is 4.90 Å². The second-order valence-corrected chi connectivity index (χ2v) is 5.86. The minimum Gasteiger partial charge on any atom is -0.330 e. The van der Waals surface area contributed by atoms with Crippen molar-refractivity contribution in [2.24, 2.45) is 11.7 Å². The van der Waals surface area contributed by atoms with Crippen LogP contribution in [0.3, 0.4) is 0 Å². The Bertz CT molecular complexity index is 359. The fraction of sp³-hybridized carbons (Fsp3) is 0.571. The first-order valence-corrected chi connectivity index (χ1v) is 7.19. The van der Waals surface area contributed by atoms with Gasteiger partial charge in [-0.2, -0.15) is 0 Å². The average Bonchev–Trinajstić information content (AvgIpc) is 2.38. The van der Waals surface area contributed by atoms with E-state index >= 15 is 0 Å². The van der Waals surface area contributed by atoms with Crippen LogP contribution in [0.1, 0.15) is 31.4 Å². The Morgan fingerprint density at radius 2 is 2.12 bits per heavy atom. The third-order valence-electron chi connectivity index (χ3n) is 3.86. The lowest BCUT2D eigenvalue weighted by atomic mass is 9.95. The number of halogens is 1. The minimum absolute atomic E-state index is 0.506. The summed E-state index contributed by atoms with van der Waals surface area (Å²) in [7, 11) is 0. The molecule has 17 heavy (non-hydrogen) atoms. The lowest BCUT2D eigenvalue weighted by Crippen LogP contribution is -2.37. The number of nitrogens with two attached hydrogens (primary N) is 1. The van der Waals surface area contributed by atoms with E-state index in [1.807, 2.05) is 0 Å². The zero-order chi connectivity index (χ0) is 12.3. The maximum atomic E-state index is 5.73. The molecule has 2 nitrogen and oxygen atoms in total. The number of piperidine rings is 1. The van der Waals surface area contributed by atoms with E-state index in [4.69, 9.17) is 5.73 Å². The molecular weight excluding hydrogens is 276 g/mol. The van der Waals surface area contributed by atoms with Gasteiger partial charge >= 0.3 is 0 Å². The van der Waals surface area contributed by atoms with Crippen LogP contribution >= 0.6 is 15.9 Å². The highest BCUT2D eigenvalue weighted by atomic mass is 79.9. The van der Waals surface area contributed by atoms with Crippen LogP contribution in [0.4, 0.5) is 0 Å². The van der Waals surface area contributed by atoms with Gasteiger partial charge in [0.05, 0.1) is 0 Å². The van der Waals surface area contributed by atoms with Gasteiger partial charge in [-0.1, -0.05) is 28.1 Å². The first-order chi connectivity index (χ1) is 8.20. The van der Waals surface area contributed by atoms with Crippen molar-refractivity contribution in [2.45, 2.75) is 25.8 Å². The zero-order valence-corrected chi connectivity index (χ0v) is 12.0. The van der Waals surface area contributed by atoms with Crippen molar-refractivity contribution in [3.8, 4) is 0 Å². The molecule has 1 atom stereocenters. The highest BCUT2D eigenvalue weighted by molar-refractivity contribution is 9.10. The van der Waals surface area contributed by atoms with E-state index in [0.29, 0.717) is 6.04 Å². The molecule has 1 aromatic rings. The zero-order valence-electron chi connectivity index (χ0n) is 10.4. The van der Waals surface area contributed by atoms with Crippen molar-refractivity contribution in [3.63, 3.8) is 0 Å². The van der Waals surface area contributed by atoms with Gasteiger partial charge in [0.25, 0.3) is 0 Å². The van der Waals surface area contributed by atoms with Crippen LogP contribution < -0.4 is 5.73 Å². The van der Waals surface area contributed by atoms with E-state index in [-0.39, 0.29) is 0 Å². The van der Waals surface area contributed by atoms with Crippen molar-refractivity contribution >= 4 is 15.9 Å². The number of hydrogen-bond donors (Lipinski definition) is 1. The third kappa shape index (κ3) is 3.30. The maximum Gasteiger partial charge on any atom is 0.0320 e. The molecule has 2 N–H and O–H groups in total. The van der Waals surface area contributed by atoms with Crippen LogP contribution in [0.25, 0.3) is 0 Å². The minimum atomic E-state index is 0.506. The summed E-state index contributed by atoms with van der Waals surface area (Å²) in [6.45, 7) is 5.49. The van der Waals surface area contributed by atoms with Crippen molar-refractivity contribution in [3.05, 3.63) is 34.3 Å². The molecule has 3 heteroatoms. The van der Waals surface area contributed by atoms with Gasteiger partial charge in [-0.25, -0.2) is 0 Å². The third-order valence-corrected chi connectivity index (χ3v) is 4.35. The molecule has 1 saturated heterocycles. The first-order valence-electron chi connectivity index (χ1n) is 6.40. The van der Waals surface area contributed by atoms with Gasteiger partial charge in [-0.05, 0) is 63.0 Å². The molecular formula is C14H21BrN2. The lowest BCUT2D eigenvalue weighted by molar-refractivity contribution is 0.143. The molecule has 1 aromatic carbocycles. The van der Waals surface area contributed by atoms with Gasteiger partial charge in [0.1, 0.15) is 0 Å². The number of benzene rings is 1. The van der Waals surface area contributed by atoms with Crippen molar-refractivity contribution in [1.82, 2.24) is 4.90 Å². The van der Waals surface area contributed by atoms with Crippen LogP contribution in [0.2, 0.25) is 0 Å². The van der Waals surface area contributed by atoms with E-state index < -0.39 is 0 Å². The number of hydrogen-bond acceptors (Lipinski definition) is 2. The molecule has 0 spiro atoms. The second kappa shape index (κ2) is 5.98. The number of nitrogens with zero attached hydrogens (tertiary/aromatic N) is 1. The van der Waals surface area contributed by atoms with Crippen LogP contribution in [0.5, 0.6) is 0 Å². The predicted molar refractivity (Wildman–Crippen MR) is 75.9 cm³/mol. The highest BCUT2D eigenvalue weighted by Crippen LogP contribution is 2.27. The Morgan fingerprint density at radius 3 is 2.71 bits per heavy atom. The van der Waals surface area contributed by atoms with Crippen LogP contribution in [0.15, 0.2) is 28.7 Å². The summed E-state index contributed by atoms with van der Waals surface area (Å²) in [4.78, 5) is 2.56. The molecule has 1 heterocycles. The van der Waals surface area contributed by atoms with Crippen molar-refractivity contribution < 1.29 is 0 Å². The molecule has 1 unspecified atom stereocenters. The quantitative estimate of drug-likeness (QED) is 0.928. The fourth-order valence-electron chi connectivity index (χ4n) is 2.55. The Kier molecular flexibility index (Phi) is 4.60. The molecule has 1 fully saturated rings. The summed E-state index contributed by atoms with van der Waals surface area (Å²) in [5.41, 5.74) is 7.13. The van der Waals surface area contributed by atoms with Gasteiger partial charge in [0.2, 0.25) is 0 Å². The topological polar surface area (TPSA) is 29.3 Å².